The molecule has 6 heteroatoms. The number of hydrogen-bond acceptors (Lipinski definition) is 4. The van der Waals surface area contributed by atoms with Crippen molar-refractivity contribution in [3.8, 4) is 5.75 Å². The van der Waals surface area contributed by atoms with Crippen molar-refractivity contribution in [3.63, 3.8) is 0 Å². The Bertz CT molecular complexity index is 522. The summed E-state index contributed by atoms with van der Waals surface area (Å²) in [7, 11) is 0. The lowest BCUT2D eigenvalue weighted by molar-refractivity contribution is -0.133. The molecule has 0 radical (unpaired) electrons. The number of carbonyl (C=O) groups is 2. The van der Waals surface area contributed by atoms with E-state index in [4.69, 9.17) is 15.6 Å². The number of rotatable bonds is 4. The molecule has 0 bridgehead atoms. The van der Waals surface area contributed by atoms with E-state index in [1.807, 2.05) is 4.90 Å². The zero-order chi connectivity index (χ0) is 15.2. The van der Waals surface area contributed by atoms with Crippen molar-refractivity contribution in [2.45, 2.75) is 25.7 Å². The zero-order valence-corrected chi connectivity index (χ0v) is 11.9. The number of carboxylic acids is 1. The summed E-state index contributed by atoms with van der Waals surface area (Å²) in [5.74, 6) is -0.841. The molecule has 3 N–H and O–H groups in total. The number of nitrogens with two attached hydrogens (primary N) is 1. The van der Waals surface area contributed by atoms with Gasteiger partial charge in [0.2, 0.25) is 0 Å². The average molecular weight is 292 g/mol. The molecule has 0 spiro atoms. The summed E-state index contributed by atoms with van der Waals surface area (Å²) in [6.45, 7) is 1.46. The van der Waals surface area contributed by atoms with Crippen molar-refractivity contribution in [3.05, 3.63) is 23.8 Å². The van der Waals surface area contributed by atoms with Gasteiger partial charge in [0.1, 0.15) is 5.75 Å². The van der Waals surface area contributed by atoms with Gasteiger partial charge in [-0.25, -0.2) is 4.79 Å². The number of anilines is 1. The van der Waals surface area contributed by atoms with Gasteiger partial charge in [0.25, 0.3) is 5.91 Å². The molecular weight excluding hydrogens is 272 g/mol. The fourth-order valence-electron chi connectivity index (χ4n) is 2.37. The highest BCUT2D eigenvalue weighted by atomic mass is 16.5. The molecule has 0 unspecified atom stereocenters. The van der Waals surface area contributed by atoms with Gasteiger partial charge in [-0.3, -0.25) is 4.79 Å². The van der Waals surface area contributed by atoms with Gasteiger partial charge >= 0.3 is 5.97 Å². The van der Waals surface area contributed by atoms with Crippen molar-refractivity contribution >= 4 is 17.6 Å². The Balaban J connectivity index is 1.94. The minimum atomic E-state index is -1.11. The summed E-state index contributed by atoms with van der Waals surface area (Å²) in [6.07, 6.45) is 4.36. The van der Waals surface area contributed by atoms with Crippen LogP contribution in [0.4, 0.5) is 5.69 Å². The van der Waals surface area contributed by atoms with Crippen molar-refractivity contribution in [1.29, 1.82) is 0 Å². The van der Waals surface area contributed by atoms with E-state index in [0.717, 1.165) is 38.8 Å². The topological polar surface area (TPSA) is 92.9 Å². The van der Waals surface area contributed by atoms with Gasteiger partial charge in [-0.2, -0.15) is 0 Å². The monoisotopic (exact) mass is 292 g/mol. The second kappa shape index (κ2) is 6.97. The molecule has 0 saturated carbocycles. The number of benzene rings is 1. The highest BCUT2D eigenvalue weighted by Gasteiger charge is 2.16. The van der Waals surface area contributed by atoms with Gasteiger partial charge in [0.15, 0.2) is 6.61 Å². The minimum absolute atomic E-state index is 0.0188. The van der Waals surface area contributed by atoms with Crippen LogP contribution in [0, 0.1) is 0 Å². The maximum Gasteiger partial charge on any atom is 0.337 e. The van der Waals surface area contributed by atoms with Gasteiger partial charge in [-0.05, 0) is 31.0 Å². The minimum Gasteiger partial charge on any atom is -0.484 e. The van der Waals surface area contributed by atoms with Crippen LogP contribution in [0.1, 0.15) is 36.0 Å². The number of nitrogen functional groups attached to an aromatic ring is 1. The second-order valence-corrected chi connectivity index (χ2v) is 5.14. The predicted molar refractivity (Wildman–Crippen MR) is 78.4 cm³/mol. The molecule has 1 aliphatic rings. The Morgan fingerprint density at radius 1 is 1.19 bits per heavy atom. The standard InChI is InChI=1S/C15H20N2O4/c16-13-6-5-11(9-12(13)15(19)20)21-10-14(18)17-7-3-1-2-4-8-17/h5-6,9H,1-4,7-8,10,16H2,(H,19,20). The fraction of sp³-hybridized carbons (Fsp3) is 0.467. The quantitative estimate of drug-likeness (QED) is 0.825. The van der Waals surface area contributed by atoms with Crippen LogP contribution in [0.15, 0.2) is 18.2 Å². The van der Waals surface area contributed by atoms with E-state index < -0.39 is 5.97 Å². The molecular formula is C15H20N2O4. The Morgan fingerprint density at radius 2 is 1.86 bits per heavy atom. The molecule has 1 fully saturated rings. The molecule has 1 aliphatic heterocycles. The number of carbonyl (C=O) groups excluding carboxylic acids is 1. The number of aromatic carboxylic acids is 1. The van der Waals surface area contributed by atoms with E-state index in [1.54, 1.807) is 6.07 Å². The summed E-state index contributed by atoms with van der Waals surface area (Å²) in [5, 5.41) is 8.99. The average Bonchev–Trinajstić information content (AvgIpc) is 2.75. The van der Waals surface area contributed by atoms with E-state index in [2.05, 4.69) is 0 Å². The van der Waals surface area contributed by atoms with Crippen LogP contribution in [0.5, 0.6) is 5.75 Å². The third kappa shape index (κ3) is 4.11. The first-order valence-corrected chi connectivity index (χ1v) is 7.11. The van der Waals surface area contributed by atoms with Crippen LogP contribution >= 0.6 is 0 Å². The maximum absolute atomic E-state index is 12.1. The smallest absolute Gasteiger partial charge is 0.337 e. The SMILES string of the molecule is Nc1ccc(OCC(=O)N2CCCCCC2)cc1C(=O)O. The van der Waals surface area contributed by atoms with Gasteiger partial charge in [-0.1, -0.05) is 12.8 Å². The number of carboxylic acid groups (broad SMARTS) is 1. The molecule has 21 heavy (non-hydrogen) atoms. The van der Waals surface area contributed by atoms with Crippen LogP contribution in [0.2, 0.25) is 0 Å². The lowest BCUT2D eigenvalue weighted by Gasteiger charge is -2.20. The molecule has 2 rings (SSSR count). The normalized spacial score (nSPS) is 15.3. The van der Waals surface area contributed by atoms with Crippen molar-refractivity contribution in [1.82, 2.24) is 4.90 Å². The number of hydrogen-bond donors (Lipinski definition) is 2. The summed E-state index contributed by atoms with van der Waals surface area (Å²) in [6, 6.07) is 4.38. The Kier molecular flexibility index (Phi) is 5.03. The van der Waals surface area contributed by atoms with Crippen LogP contribution in [0.3, 0.4) is 0 Å². The lowest BCUT2D eigenvalue weighted by Crippen LogP contribution is -2.35. The summed E-state index contributed by atoms with van der Waals surface area (Å²) in [5.41, 5.74) is 5.72. The molecule has 1 saturated heterocycles. The molecule has 114 valence electrons. The number of likely N-dealkylation sites (tertiary alicyclic amines) is 1. The maximum atomic E-state index is 12.1. The van der Waals surface area contributed by atoms with E-state index in [9.17, 15) is 9.59 Å². The first kappa shape index (κ1) is 15.2. The van der Waals surface area contributed by atoms with E-state index >= 15 is 0 Å². The van der Waals surface area contributed by atoms with E-state index in [1.165, 1.54) is 12.1 Å². The summed E-state index contributed by atoms with van der Waals surface area (Å²) >= 11 is 0. The first-order chi connectivity index (χ1) is 10.1. The molecule has 6 nitrogen and oxygen atoms in total. The zero-order valence-electron chi connectivity index (χ0n) is 11.9. The summed E-state index contributed by atoms with van der Waals surface area (Å²) < 4.78 is 5.40. The first-order valence-electron chi connectivity index (χ1n) is 7.11. The van der Waals surface area contributed by atoms with Gasteiger partial charge < -0.3 is 20.5 Å². The second-order valence-electron chi connectivity index (χ2n) is 5.14. The third-order valence-corrected chi connectivity index (χ3v) is 3.58. The van der Waals surface area contributed by atoms with Crippen LogP contribution in [0.25, 0.3) is 0 Å². The van der Waals surface area contributed by atoms with Crippen molar-refractivity contribution in [2.75, 3.05) is 25.4 Å². The molecule has 0 aliphatic carbocycles. The van der Waals surface area contributed by atoms with Crippen molar-refractivity contribution < 1.29 is 19.4 Å². The highest BCUT2D eigenvalue weighted by molar-refractivity contribution is 5.94. The molecule has 1 amide bonds. The molecule has 0 atom stereocenters. The molecule has 1 aromatic rings. The lowest BCUT2D eigenvalue weighted by atomic mass is 10.2. The molecule has 0 aromatic heterocycles. The fourth-order valence-corrected chi connectivity index (χ4v) is 2.37. The predicted octanol–water partition coefficient (Wildman–Crippen LogP) is 1.75. The molecule has 1 heterocycles. The number of amides is 1. The Labute approximate surface area is 123 Å². The van der Waals surface area contributed by atoms with E-state index in [0.29, 0.717) is 5.75 Å². The third-order valence-electron chi connectivity index (χ3n) is 3.58. The summed E-state index contributed by atoms with van der Waals surface area (Å²) in [4.78, 5) is 24.9. The van der Waals surface area contributed by atoms with Crippen LogP contribution < -0.4 is 10.5 Å². The largest absolute Gasteiger partial charge is 0.484 e. The van der Waals surface area contributed by atoms with E-state index in [-0.39, 0.29) is 23.8 Å². The van der Waals surface area contributed by atoms with Crippen LogP contribution in [-0.4, -0.2) is 41.6 Å². The van der Waals surface area contributed by atoms with Crippen molar-refractivity contribution in [2.24, 2.45) is 0 Å². The van der Waals surface area contributed by atoms with Crippen LogP contribution in [-0.2, 0) is 4.79 Å². The Morgan fingerprint density at radius 3 is 2.48 bits per heavy atom. The van der Waals surface area contributed by atoms with Gasteiger partial charge in [-0.15, -0.1) is 0 Å². The number of ether oxygens (including phenoxy) is 1. The number of nitrogens with zero attached hydrogens (tertiary/aromatic N) is 1. The van der Waals surface area contributed by atoms with Gasteiger partial charge in [0, 0.05) is 18.8 Å². The Hall–Kier alpha value is -2.24. The molecule has 1 aromatic carbocycles. The van der Waals surface area contributed by atoms with Gasteiger partial charge in [0.05, 0.1) is 5.56 Å². The highest BCUT2D eigenvalue weighted by Crippen LogP contribution is 2.20.